The van der Waals surface area contributed by atoms with Crippen LogP contribution in [-0.4, -0.2) is 19.3 Å². The molecular formula is C14H27BO2. The lowest BCUT2D eigenvalue weighted by atomic mass is 9.61. The smallest absolute Gasteiger partial charge is 0.406 e. The van der Waals surface area contributed by atoms with Gasteiger partial charge in [-0.1, -0.05) is 41.5 Å². The van der Waals surface area contributed by atoms with E-state index in [9.17, 15) is 0 Å². The molecule has 0 amide bonds. The standard InChI is InChI=1S/C14H27BO2/c1-9(2)8-15-16-12-7-10(3)14(5,6)11(4)13(12)17-15/h9-13H,7-8H2,1-6H3/t10-,11-,12-,13+/m1/s1. The molecule has 0 unspecified atom stereocenters. The van der Waals surface area contributed by atoms with Crippen LogP contribution in [0.4, 0.5) is 0 Å². The predicted molar refractivity (Wildman–Crippen MR) is 71.9 cm³/mol. The molecular weight excluding hydrogens is 211 g/mol. The number of rotatable bonds is 2. The fourth-order valence-electron chi connectivity index (χ4n) is 3.22. The average molecular weight is 238 g/mol. The van der Waals surface area contributed by atoms with Crippen LogP contribution in [0, 0.1) is 23.2 Å². The van der Waals surface area contributed by atoms with Crippen LogP contribution < -0.4 is 0 Å². The van der Waals surface area contributed by atoms with Crippen LogP contribution in [0.3, 0.4) is 0 Å². The lowest BCUT2D eigenvalue weighted by molar-refractivity contribution is -0.0453. The van der Waals surface area contributed by atoms with Crippen molar-refractivity contribution < 1.29 is 9.31 Å². The van der Waals surface area contributed by atoms with Gasteiger partial charge in [-0.25, -0.2) is 0 Å². The Kier molecular flexibility index (Phi) is 3.62. The van der Waals surface area contributed by atoms with Crippen molar-refractivity contribution in [1.82, 2.24) is 0 Å². The van der Waals surface area contributed by atoms with Gasteiger partial charge in [0.05, 0.1) is 12.2 Å². The molecule has 2 aliphatic rings. The molecule has 0 aromatic rings. The first-order chi connectivity index (χ1) is 7.82. The second-order valence-corrected chi connectivity index (χ2v) is 7.08. The summed E-state index contributed by atoms with van der Waals surface area (Å²) in [6.07, 6.45) is 2.81. The summed E-state index contributed by atoms with van der Waals surface area (Å²) in [5, 5.41) is 0. The van der Waals surface area contributed by atoms with Gasteiger partial charge in [0.25, 0.3) is 0 Å². The zero-order valence-electron chi connectivity index (χ0n) is 12.2. The van der Waals surface area contributed by atoms with Crippen LogP contribution in [0.2, 0.25) is 6.32 Å². The molecule has 0 N–H and O–H groups in total. The van der Waals surface area contributed by atoms with Crippen molar-refractivity contribution in [3.63, 3.8) is 0 Å². The van der Waals surface area contributed by atoms with Crippen LogP contribution in [0.1, 0.15) is 48.0 Å². The minimum atomic E-state index is 0.0357. The van der Waals surface area contributed by atoms with Crippen molar-refractivity contribution in [3.05, 3.63) is 0 Å². The van der Waals surface area contributed by atoms with Crippen LogP contribution >= 0.6 is 0 Å². The molecule has 1 saturated carbocycles. The van der Waals surface area contributed by atoms with Crippen LogP contribution in [-0.2, 0) is 9.31 Å². The molecule has 0 aromatic carbocycles. The molecule has 0 aromatic heterocycles. The molecule has 2 fully saturated rings. The molecule has 17 heavy (non-hydrogen) atoms. The summed E-state index contributed by atoms with van der Waals surface area (Å²) in [5.41, 5.74) is 0.358. The van der Waals surface area contributed by atoms with Gasteiger partial charge >= 0.3 is 7.12 Å². The van der Waals surface area contributed by atoms with E-state index >= 15 is 0 Å². The average Bonchev–Trinajstić information content (AvgIpc) is 2.57. The lowest BCUT2D eigenvalue weighted by Gasteiger charge is -2.47. The molecule has 0 radical (unpaired) electrons. The molecule has 98 valence electrons. The van der Waals surface area contributed by atoms with Crippen LogP contribution in [0.25, 0.3) is 0 Å². The zero-order chi connectivity index (χ0) is 12.8. The third-order valence-electron chi connectivity index (χ3n) is 5.19. The van der Waals surface area contributed by atoms with Crippen molar-refractivity contribution in [1.29, 1.82) is 0 Å². The van der Waals surface area contributed by atoms with Gasteiger partial charge in [-0.15, -0.1) is 0 Å². The molecule has 2 rings (SSSR count). The molecule has 4 atom stereocenters. The normalized spacial score (nSPS) is 40.8. The molecule has 1 heterocycles. The van der Waals surface area contributed by atoms with Gasteiger partial charge in [0.15, 0.2) is 0 Å². The molecule has 0 bridgehead atoms. The molecule has 0 spiro atoms. The summed E-state index contributed by atoms with van der Waals surface area (Å²) < 4.78 is 12.2. The Labute approximate surface area is 107 Å². The van der Waals surface area contributed by atoms with E-state index in [1.807, 2.05) is 0 Å². The Morgan fingerprint density at radius 3 is 2.47 bits per heavy atom. The van der Waals surface area contributed by atoms with E-state index in [-0.39, 0.29) is 7.12 Å². The molecule has 1 aliphatic carbocycles. The summed E-state index contributed by atoms with van der Waals surface area (Å²) >= 11 is 0. The maximum absolute atomic E-state index is 6.15. The van der Waals surface area contributed by atoms with Gasteiger partial charge in [0.1, 0.15) is 0 Å². The first-order valence-corrected chi connectivity index (χ1v) is 7.13. The minimum absolute atomic E-state index is 0.0357. The molecule has 2 nitrogen and oxygen atoms in total. The predicted octanol–water partition coefficient (Wildman–Crippen LogP) is 3.62. The second kappa shape index (κ2) is 4.58. The van der Waals surface area contributed by atoms with Crippen molar-refractivity contribution in [2.24, 2.45) is 23.2 Å². The number of hydrogen-bond acceptors (Lipinski definition) is 2. The van der Waals surface area contributed by atoms with E-state index in [0.29, 0.717) is 35.4 Å². The second-order valence-electron chi connectivity index (χ2n) is 7.08. The Bertz CT molecular complexity index is 277. The zero-order valence-corrected chi connectivity index (χ0v) is 12.2. The van der Waals surface area contributed by atoms with E-state index in [1.54, 1.807) is 0 Å². The Balaban J connectivity index is 2.06. The monoisotopic (exact) mass is 238 g/mol. The highest BCUT2D eigenvalue weighted by Gasteiger charge is 2.52. The highest BCUT2D eigenvalue weighted by Crippen LogP contribution is 2.49. The summed E-state index contributed by atoms with van der Waals surface area (Å²) in [6.45, 7) is 13.9. The first-order valence-electron chi connectivity index (χ1n) is 7.13. The van der Waals surface area contributed by atoms with Gasteiger partial charge in [0, 0.05) is 0 Å². The largest absolute Gasteiger partial charge is 0.457 e. The SMILES string of the molecule is CC(C)CB1O[C@H]2[C@@H](C)C(C)(C)[C@H](C)C[C@H]2O1. The van der Waals surface area contributed by atoms with Crippen LogP contribution in [0.15, 0.2) is 0 Å². The quantitative estimate of drug-likeness (QED) is 0.684. The summed E-state index contributed by atoms with van der Waals surface area (Å²) in [7, 11) is 0.0357. The molecule has 3 heteroatoms. The number of fused-ring (bicyclic) bond motifs is 1. The maximum Gasteiger partial charge on any atom is 0.457 e. The van der Waals surface area contributed by atoms with Crippen molar-refractivity contribution in [2.75, 3.05) is 0 Å². The highest BCUT2D eigenvalue weighted by molar-refractivity contribution is 6.45. The van der Waals surface area contributed by atoms with E-state index in [0.717, 1.165) is 12.7 Å². The Morgan fingerprint density at radius 1 is 1.24 bits per heavy atom. The van der Waals surface area contributed by atoms with Gasteiger partial charge in [0.2, 0.25) is 0 Å². The fraction of sp³-hybridized carbons (Fsp3) is 1.00. The van der Waals surface area contributed by atoms with E-state index in [4.69, 9.17) is 9.31 Å². The van der Waals surface area contributed by atoms with Crippen molar-refractivity contribution in [3.8, 4) is 0 Å². The topological polar surface area (TPSA) is 18.5 Å². The summed E-state index contributed by atoms with van der Waals surface area (Å²) in [4.78, 5) is 0. The third kappa shape index (κ3) is 2.41. The Hall–Kier alpha value is -0.0151. The van der Waals surface area contributed by atoms with Gasteiger partial charge in [-0.05, 0) is 35.9 Å². The lowest BCUT2D eigenvalue weighted by Crippen LogP contribution is -2.48. The van der Waals surface area contributed by atoms with Crippen molar-refractivity contribution in [2.45, 2.75) is 66.5 Å². The summed E-state index contributed by atoms with van der Waals surface area (Å²) in [6, 6.07) is 0. The maximum atomic E-state index is 6.15. The molecule has 1 aliphatic heterocycles. The number of hydrogen-bond donors (Lipinski definition) is 0. The van der Waals surface area contributed by atoms with Gasteiger partial charge < -0.3 is 9.31 Å². The Morgan fingerprint density at radius 2 is 1.88 bits per heavy atom. The summed E-state index contributed by atoms with van der Waals surface area (Å²) in [5.74, 6) is 1.93. The van der Waals surface area contributed by atoms with Crippen molar-refractivity contribution >= 4 is 7.12 Å². The van der Waals surface area contributed by atoms with Crippen LogP contribution in [0.5, 0.6) is 0 Å². The molecule has 1 saturated heterocycles. The van der Waals surface area contributed by atoms with E-state index < -0.39 is 0 Å². The minimum Gasteiger partial charge on any atom is -0.406 e. The fourth-order valence-corrected chi connectivity index (χ4v) is 3.22. The van der Waals surface area contributed by atoms with Gasteiger partial charge in [-0.3, -0.25) is 0 Å². The third-order valence-corrected chi connectivity index (χ3v) is 5.19. The van der Waals surface area contributed by atoms with E-state index in [2.05, 4.69) is 41.5 Å². The highest BCUT2D eigenvalue weighted by atomic mass is 16.7. The first kappa shape index (κ1) is 13.4. The van der Waals surface area contributed by atoms with Gasteiger partial charge in [-0.2, -0.15) is 0 Å². The van der Waals surface area contributed by atoms with E-state index in [1.165, 1.54) is 0 Å².